The van der Waals surface area contributed by atoms with Gasteiger partial charge in [0.15, 0.2) is 0 Å². The van der Waals surface area contributed by atoms with Crippen molar-refractivity contribution in [3.63, 3.8) is 0 Å². The summed E-state index contributed by atoms with van der Waals surface area (Å²) in [4.78, 5) is 12.2. The van der Waals surface area contributed by atoms with Gasteiger partial charge in [0.05, 0.1) is 17.3 Å². The van der Waals surface area contributed by atoms with E-state index in [0.29, 0.717) is 5.69 Å². The van der Waals surface area contributed by atoms with Gasteiger partial charge in [0.25, 0.3) is 5.91 Å². The molecule has 118 valence electrons. The van der Waals surface area contributed by atoms with Gasteiger partial charge in [0.1, 0.15) is 23.5 Å². The maximum absolute atomic E-state index is 13.9. The Bertz CT molecular complexity index is 924. The summed E-state index contributed by atoms with van der Waals surface area (Å²) >= 11 is 0. The Balaban J connectivity index is 1.93. The van der Waals surface area contributed by atoms with E-state index < -0.39 is 23.1 Å². The number of para-hydroxylation sites is 1. The third kappa shape index (κ3) is 2.83. The van der Waals surface area contributed by atoms with Crippen molar-refractivity contribution >= 4 is 11.9 Å². The van der Waals surface area contributed by atoms with Crippen molar-refractivity contribution in [2.75, 3.05) is 5.32 Å². The minimum Gasteiger partial charge on any atom is -0.290 e. The zero-order valence-corrected chi connectivity index (χ0v) is 12.1. The number of nitrogens with zero attached hydrogens (tertiary/aromatic N) is 4. The second kappa shape index (κ2) is 6.26. The van der Waals surface area contributed by atoms with Crippen molar-refractivity contribution < 1.29 is 13.6 Å². The maximum Gasteiger partial charge on any atom is 0.263 e. The second-order valence-corrected chi connectivity index (χ2v) is 4.74. The molecule has 2 aromatic carbocycles. The van der Waals surface area contributed by atoms with Gasteiger partial charge < -0.3 is 0 Å². The monoisotopic (exact) mass is 325 g/mol. The fourth-order valence-electron chi connectivity index (χ4n) is 2.12. The standard InChI is InChI=1S/C16H9F2N5O/c17-12-6-10(8-19)7-13(18)14(12)15(24)21-16-22-20-9-23(16)11-4-2-1-3-5-11/h1-7,9H,(H,21,22,24). The van der Waals surface area contributed by atoms with Crippen molar-refractivity contribution in [3.8, 4) is 11.8 Å². The number of anilines is 1. The Labute approximate surface area is 135 Å². The lowest BCUT2D eigenvalue weighted by molar-refractivity contribution is 0.101. The molecule has 0 unspecified atom stereocenters. The number of aromatic nitrogens is 3. The van der Waals surface area contributed by atoms with Crippen LogP contribution in [0.4, 0.5) is 14.7 Å². The topological polar surface area (TPSA) is 83.6 Å². The van der Waals surface area contributed by atoms with Gasteiger partial charge in [-0.05, 0) is 24.3 Å². The fourth-order valence-corrected chi connectivity index (χ4v) is 2.12. The lowest BCUT2D eigenvalue weighted by Gasteiger charge is -2.09. The highest BCUT2D eigenvalue weighted by Gasteiger charge is 2.21. The zero-order valence-electron chi connectivity index (χ0n) is 12.1. The van der Waals surface area contributed by atoms with E-state index in [-0.39, 0.29) is 11.5 Å². The summed E-state index contributed by atoms with van der Waals surface area (Å²) in [7, 11) is 0. The van der Waals surface area contributed by atoms with Crippen LogP contribution in [0.2, 0.25) is 0 Å². The molecule has 0 saturated heterocycles. The average molecular weight is 325 g/mol. The Kier molecular flexibility index (Phi) is 3.99. The molecular formula is C16H9F2N5O. The molecule has 24 heavy (non-hydrogen) atoms. The van der Waals surface area contributed by atoms with Crippen molar-refractivity contribution in [1.82, 2.24) is 14.8 Å². The van der Waals surface area contributed by atoms with E-state index in [0.717, 1.165) is 12.1 Å². The Morgan fingerprint density at radius 3 is 2.46 bits per heavy atom. The molecule has 6 nitrogen and oxygen atoms in total. The first-order valence-electron chi connectivity index (χ1n) is 6.76. The van der Waals surface area contributed by atoms with Gasteiger partial charge in [0.2, 0.25) is 5.95 Å². The summed E-state index contributed by atoms with van der Waals surface area (Å²) in [5.74, 6) is -3.28. The summed E-state index contributed by atoms with van der Waals surface area (Å²) in [5, 5.41) is 18.4. The molecule has 8 heteroatoms. The van der Waals surface area contributed by atoms with Crippen LogP contribution in [-0.4, -0.2) is 20.7 Å². The third-order valence-electron chi connectivity index (χ3n) is 3.21. The number of benzene rings is 2. The van der Waals surface area contributed by atoms with Gasteiger partial charge in [-0.3, -0.25) is 14.7 Å². The van der Waals surface area contributed by atoms with E-state index in [1.165, 1.54) is 10.9 Å². The number of hydrogen-bond acceptors (Lipinski definition) is 4. The molecule has 0 aliphatic rings. The SMILES string of the molecule is N#Cc1cc(F)c(C(=O)Nc2nncn2-c2ccccc2)c(F)c1. The van der Waals surface area contributed by atoms with Gasteiger partial charge in [-0.15, -0.1) is 10.2 Å². The Hall–Kier alpha value is -3.60. The molecule has 3 rings (SSSR count). The first-order chi connectivity index (χ1) is 11.6. The maximum atomic E-state index is 13.9. The van der Waals surface area contributed by atoms with Crippen LogP contribution in [0.5, 0.6) is 0 Å². The molecule has 0 atom stereocenters. The molecule has 3 aromatic rings. The van der Waals surface area contributed by atoms with E-state index in [4.69, 9.17) is 5.26 Å². The molecule has 0 radical (unpaired) electrons. The summed E-state index contributed by atoms with van der Waals surface area (Å²) in [6.07, 6.45) is 1.36. The summed E-state index contributed by atoms with van der Waals surface area (Å²) in [5.41, 5.74) is -0.343. The lowest BCUT2D eigenvalue weighted by Crippen LogP contribution is -2.18. The molecule has 1 amide bonds. The van der Waals surface area contributed by atoms with E-state index in [2.05, 4.69) is 15.5 Å². The van der Waals surface area contributed by atoms with E-state index in [1.54, 1.807) is 30.3 Å². The molecule has 1 heterocycles. The molecule has 1 N–H and O–H groups in total. The van der Waals surface area contributed by atoms with Gasteiger partial charge >= 0.3 is 0 Å². The minimum absolute atomic E-state index is 0.00867. The molecule has 0 aliphatic heterocycles. The van der Waals surface area contributed by atoms with Crippen LogP contribution < -0.4 is 5.32 Å². The van der Waals surface area contributed by atoms with Crippen molar-refractivity contribution in [2.24, 2.45) is 0 Å². The normalized spacial score (nSPS) is 10.2. The van der Waals surface area contributed by atoms with Crippen LogP contribution in [0.15, 0.2) is 48.8 Å². The third-order valence-corrected chi connectivity index (χ3v) is 3.21. The summed E-state index contributed by atoms with van der Waals surface area (Å²) in [6, 6.07) is 12.1. The predicted molar refractivity (Wildman–Crippen MR) is 80.4 cm³/mol. The number of nitriles is 1. The molecule has 0 bridgehead atoms. The van der Waals surface area contributed by atoms with E-state index in [1.807, 2.05) is 6.07 Å². The van der Waals surface area contributed by atoms with Crippen LogP contribution in [0.25, 0.3) is 5.69 Å². The van der Waals surface area contributed by atoms with Crippen molar-refractivity contribution in [3.05, 3.63) is 71.6 Å². The highest BCUT2D eigenvalue weighted by atomic mass is 19.1. The van der Waals surface area contributed by atoms with Crippen molar-refractivity contribution in [1.29, 1.82) is 5.26 Å². The first kappa shape index (κ1) is 15.3. The summed E-state index contributed by atoms with van der Waals surface area (Å²) < 4.78 is 29.3. The quantitative estimate of drug-likeness (QED) is 0.802. The van der Waals surface area contributed by atoms with Gasteiger partial charge in [-0.2, -0.15) is 5.26 Å². The van der Waals surface area contributed by atoms with Crippen LogP contribution in [0.3, 0.4) is 0 Å². The second-order valence-electron chi connectivity index (χ2n) is 4.74. The van der Waals surface area contributed by atoms with Crippen molar-refractivity contribution in [2.45, 2.75) is 0 Å². The largest absolute Gasteiger partial charge is 0.290 e. The fraction of sp³-hybridized carbons (Fsp3) is 0. The van der Waals surface area contributed by atoms with Gasteiger partial charge in [-0.1, -0.05) is 18.2 Å². The molecule has 0 aliphatic carbocycles. The van der Waals surface area contributed by atoms with E-state index in [9.17, 15) is 13.6 Å². The highest BCUT2D eigenvalue weighted by Crippen LogP contribution is 2.18. The minimum atomic E-state index is -1.13. The molecular weight excluding hydrogens is 316 g/mol. The number of nitrogens with one attached hydrogen (secondary N) is 1. The molecule has 0 saturated carbocycles. The smallest absolute Gasteiger partial charge is 0.263 e. The number of halogens is 2. The van der Waals surface area contributed by atoms with E-state index >= 15 is 0 Å². The molecule has 0 spiro atoms. The Morgan fingerprint density at radius 2 is 1.83 bits per heavy atom. The first-order valence-corrected chi connectivity index (χ1v) is 6.76. The lowest BCUT2D eigenvalue weighted by atomic mass is 10.1. The number of hydrogen-bond donors (Lipinski definition) is 1. The number of amides is 1. The van der Waals surface area contributed by atoms with Gasteiger partial charge in [-0.25, -0.2) is 8.78 Å². The Morgan fingerprint density at radius 1 is 1.17 bits per heavy atom. The predicted octanol–water partition coefficient (Wildman–Crippen LogP) is 2.67. The molecule has 1 aromatic heterocycles. The average Bonchev–Trinajstić information content (AvgIpc) is 3.03. The van der Waals surface area contributed by atoms with Crippen LogP contribution in [0.1, 0.15) is 15.9 Å². The zero-order chi connectivity index (χ0) is 17.1. The van der Waals surface area contributed by atoms with Crippen LogP contribution in [0, 0.1) is 23.0 Å². The highest BCUT2D eigenvalue weighted by molar-refractivity contribution is 6.04. The summed E-state index contributed by atoms with van der Waals surface area (Å²) in [6.45, 7) is 0. The number of carbonyl (C=O) groups excluding carboxylic acids is 1. The number of rotatable bonds is 3. The van der Waals surface area contributed by atoms with Crippen LogP contribution in [-0.2, 0) is 0 Å². The van der Waals surface area contributed by atoms with Crippen LogP contribution >= 0.6 is 0 Å². The van der Waals surface area contributed by atoms with Gasteiger partial charge in [0, 0.05) is 0 Å². The number of carbonyl (C=O) groups is 1. The molecule has 0 fully saturated rings.